The fourth-order valence-electron chi connectivity index (χ4n) is 5.49. The zero-order valence-corrected chi connectivity index (χ0v) is 20.6. The van der Waals surface area contributed by atoms with Crippen LogP contribution < -0.4 is 0 Å². The van der Waals surface area contributed by atoms with Gasteiger partial charge < -0.3 is 0 Å². The van der Waals surface area contributed by atoms with Gasteiger partial charge in [0, 0.05) is 4.47 Å². The standard InChI is InChI=1S/C34H21Br/c35-34-31-15-7-5-13-28(31)33(29-14-6-8-16-32(29)34)30-20-19-25(26-11-3-4-12-27(26)30)24-18-17-22-9-1-2-10-23(22)21-24/h1-21H. The van der Waals surface area contributed by atoms with Gasteiger partial charge in [-0.3, -0.25) is 0 Å². The van der Waals surface area contributed by atoms with Crippen molar-refractivity contribution in [3.8, 4) is 22.3 Å². The summed E-state index contributed by atoms with van der Waals surface area (Å²) in [6.07, 6.45) is 0. The van der Waals surface area contributed by atoms with Gasteiger partial charge in [0.25, 0.3) is 0 Å². The quantitative estimate of drug-likeness (QED) is 0.203. The Morgan fingerprint density at radius 3 is 1.51 bits per heavy atom. The molecule has 35 heavy (non-hydrogen) atoms. The minimum atomic E-state index is 1.16. The lowest BCUT2D eigenvalue weighted by atomic mass is 9.87. The van der Waals surface area contributed by atoms with Crippen LogP contribution in [0.1, 0.15) is 0 Å². The molecule has 0 aliphatic carbocycles. The van der Waals surface area contributed by atoms with E-state index in [4.69, 9.17) is 0 Å². The molecule has 7 aromatic carbocycles. The zero-order chi connectivity index (χ0) is 23.4. The van der Waals surface area contributed by atoms with Crippen molar-refractivity contribution in [2.24, 2.45) is 0 Å². The van der Waals surface area contributed by atoms with E-state index >= 15 is 0 Å². The van der Waals surface area contributed by atoms with Crippen LogP contribution in [0.2, 0.25) is 0 Å². The molecule has 0 fully saturated rings. The van der Waals surface area contributed by atoms with Crippen LogP contribution in [-0.2, 0) is 0 Å². The third-order valence-electron chi connectivity index (χ3n) is 7.12. The molecule has 0 nitrogen and oxygen atoms in total. The van der Waals surface area contributed by atoms with E-state index < -0.39 is 0 Å². The van der Waals surface area contributed by atoms with Crippen molar-refractivity contribution in [1.29, 1.82) is 0 Å². The molecule has 0 aliphatic rings. The summed E-state index contributed by atoms with van der Waals surface area (Å²) in [6, 6.07) is 46.2. The van der Waals surface area contributed by atoms with Gasteiger partial charge in [-0.15, -0.1) is 0 Å². The van der Waals surface area contributed by atoms with Crippen LogP contribution in [0.3, 0.4) is 0 Å². The number of fused-ring (bicyclic) bond motifs is 4. The largest absolute Gasteiger partial charge is 0.0616 e. The molecular formula is C34H21Br. The normalized spacial score (nSPS) is 11.6. The van der Waals surface area contributed by atoms with E-state index in [0.29, 0.717) is 0 Å². The number of hydrogen-bond donors (Lipinski definition) is 0. The highest BCUT2D eigenvalue weighted by Crippen LogP contribution is 2.45. The van der Waals surface area contributed by atoms with Crippen LogP contribution in [0, 0.1) is 0 Å². The number of benzene rings is 7. The third kappa shape index (κ3) is 3.20. The van der Waals surface area contributed by atoms with Gasteiger partial charge in [0.15, 0.2) is 0 Å². The van der Waals surface area contributed by atoms with Gasteiger partial charge in [0.05, 0.1) is 0 Å². The molecule has 0 atom stereocenters. The topological polar surface area (TPSA) is 0 Å². The highest BCUT2D eigenvalue weighted by molar-refractivity contribution is 9.10. The summed E-state index contributed by atoms with van der Waals surface area (Å²) in [7, 11) is 0. The molecule has 0 spiro atoms. The highest BCUT2D eigenvalue weighted by Gasteiger charge is 2.17. The lowest BCUT2D eigenvalue weighted by molar-refractivity contribution is 1.66. The van der Waals surface area contributed by atoms with Gasteiger partial charge in [-0.05, 0) is 87.3 Å². The summed E-state index contributed by atoms with van der Waals surface area (Å²) < 4.78 is 1.16. The van der Waals surface area contributed by atoms with Crippen LogP contribution in [0.15, 0.2) is 132 Å². The van der Waals surface area contributed by atoms with Crippen LogP contribution in [-0.4, -0.2) is 0 Å². The van der Waals surface area contributed by atoms with Crippen molar-refractivity contribution in [2.45, 2.75) is 0 Å². The van der Waals surface area contributed by atoms with Gasteiger partial charge in [-0.2, -0.15) is 0 Å². The molecule has 7 rings (SSSR count). The average molecular weight is 509 g/mol. The minimum absolute atomic E-state index is 1.16. The van der Waals surface area contributed by atoms with Crippen LogP contribution >= 0.6 is 15.9 Å². The molecule has 0 aromatic heterocycles. The lowest BCUT2D eigenvalue weighted by Crippen LogP contribution is -1.90. The monoisotopic (exact) mass is 508 g/mol. The first kappa shape index (κ1) is 20.4. The molecular weight excluding hydrogens is 488 g/mol. The Morgan fingerprint density at radius 2 is 0.857 bits per heavy atom. The van der Waals surface area contributed by atoms with Gasteiger partial charge >= 0.3 is 0 Å². The maximum Gasteiger partial charge on any atom is 0.0332 e. The molecule has 0 heterocycles. The van der Waals surface area contributed by atoms with Gasteiger partial charge in [-0.1, -0.05) is 121 Å². The van der Waals surface area contributed by atoms with Gasteiger partial charge in [0.2, 0.25) is 0 Å². The molecule has 0 N–H and O–H groups in total. The van der Waals surface area contributed by atoms with Crippen LogP contribution in [0.5, 0.6) is 0 Å². The second-order valence-corrected chi connectivity index (χ2v) is 9.84. The summed E-state index contributed by atoms with van der Waals surface area (Å²) in [4.78, 5) is 0. The molecule has 1 heteroatoms. The predicted octanol–water partition coefficient (Wildman–Crippen LogP) is 10.4. The van der Waals surface area contributed by atoms with Crippen LogP contribution in [0.4, 0.5) is 0 Å². The molecule has 0 bridgehead atoms. The Labute approximate surface area is 212 Å². The Balaban J connectivity index is 1.57. The van der Waals surface area contributed by atoms with Crippen molar-refractivity contribution in [1.82, 2.24) is 0 Å². The summed E-state index contributed by atoms with van der Waals surface area (Å²) in [5, 5.41) is 10.1. The molecule has 164 valence electrons. The molecule has 0 aliphatic heterocycles. The van der Waals surface area contributed by atoms with Crippen LogP contribution in [0.25, 0.3) is 65.3 Å². The summed E-state index contributed by atoms with van der Waals surface area (Å²) in [5.74, 6) is 0. The van der Waals surface area contributed by atoms with Crippen molar-refractivity contribution in [3.63, 3.8) is 0 Å². The molecule has 0 saturated carbocycles. The number of hydrogen-bond acceptors (Lipinski definition) is 0. The molecule has 7 aromatic rings. The molecule has 0 radical (unpaired) electrons. The second-order valence-electron chi connectivity index (χ2n) is 9.05. The fourth-order valence-corrected chi connectivity index (χ4v) is 6.18. The van der Waals surface area contributed by atoms with Gasteiger partial charge in [0.1, 0.15) is 0 Å². The van der Waals surface area contributed by atoms with E-state index in [-0.39, 0.29) is 0 Å². The first-order valence-corrected chi connectivity index (χ1v) is 12.7. The molecule has 0 amide bonds. The average Bonchev–Trinajstić information content (AvgIpc) is 2.93. The Hall–Kier alpha value is -3.94. The first-order valence-electron chi connectivity index (χ1n) is 11.9. The smallest absolute Gasteiger partial charge is 0.0332 e. The molecule has 0 unspecified atom stereocenters. The first-order chi connectivity index (χ1) is 17.3. The van der Waals surface area contributed by atoms with Crippen molar-refractivity contribution in [3.05, 3.63) is 132 Å². The number of halogens is 1. The SMILES string of the molecule is Brc1c2ccccc2c(-c2ccc(-c3ccc4ccccc4c3)c3ccccc23)c2ccccc12. The van der Waals surface area contributed by atoms with E-state index in [0.717, 1.165) is 4.47 Å². The van der Waals surface area contributed by atoms with E-state index in [1.165, 1.54) is 65.3 Å². The van der Waals surface area contributed by atoms with Crippen molar-refractivity contribution in [2.75, 3.05) is 0 Å². The van der Waals surface area contributed by atoms with E-state index in [2.05, 4.69) is 143 Å². The number of rotatable bonds is 2. The lowest BCUT2D eigenvalue weighted by Gasteiger charge is -2.17. The summed E-state index contributed by atoms with van der Waals surface area (Å²) in [6.45, 7) is 0. The van der Waals surface area contributed by atoms with E-state index in [9.17, 15) is 0 Å². The minimum Gasteiger partial charge on any atom is -0.0616 e. The van der Waals surface area contributed by atoms with E-state index in [1.807, 2.05) is 0 Å². The Kier molecular flexibility index (Phi) is 4.72. The van der Waals surface area contributed by atoms with E-state index in [1.54, 1.807) is 0 Å². The summed E-state index contributed by atoms with van der Waals surface area (Å²) >= 11 is 3.90. The van der Waals surface area contributed by atoms with Gasteiger partial charge in [-0.25, -0.2) is 0 Å². The maximum atomic E-state index is 3.90. The maximum absolute atomic E-state index is 3.90. The summed E-state index contributed by atoms with van der Waals surface area (Å²) in [5.41, 5.74) is 5.07. The highest BCUT2D eigenvalue weighted by atomic mass is 79.9. The Morgan fingerprint density at radius 1 is 0.371 bits per heavy atom. The zero-order valence-electron chi connectivity index (χ0n) is 19.0. The predicted molar refractivity (Wildman–Crippen MR) is 155 cm³/mol. The molecule has 0 saturated heterocycles. The Bertz CT molecular complexity index is 1860. The van der Waals surface area contributed by atoms with Crippen molar-refractivity contribution < 1.29 is 0 Å². The van der Waals surface area contributed by atoms with Crippen molar-refractivity contribution >= 4 is 59.0 Å². The third-order valence-corrected chi connectivity index (χ3v) is 7.97. The fraction of sp³-hybridized carbons (Fsp3) is 0. The second kappa shape index (κ2) is 8.08.